The molecule has 1 atom stereocenters. The molecule has 1 unspecified atom stereocenters. The first kappa shape index (κ1) is 15.7. The Morgan fingerprint density at radius 3 is 2.44 bits per heavy atom. The minimum atomic E-state index is 0.634. The summed E-state index contributed by atoms with van der Waals surface area (Å²) in [6, 6.07) is 8.79. The molecule has 18 heavy (non-hydrogen) atoms. The van der Waals surface area contributed by atoms with Gasteiger partial charge in [-0.3, -0.25) is 0 Å². The summed E-state index contributed by atoms with van der Waals surface area (Å²) >= 11 is 3.59. The fourth-order valence-corrected chi connectivity index (χ4v) is 2.34. The van der Waals surface area contributed by atoms with Gasteiger partial charge in [0.2, 0.25) is 0 Å². The van der Waals surface area contributed by atoms with Crippen LogP contribution in [0.3, 0.4) is 0 Å². The zero-order valence-electron chi connectivity index (χ0n) is 11.3. The second-order valence-electron chi connectivity index (χ2n) is 4.60. The van der Waals surface area contributed by atoms with Gasteiger partial charge in [0.05, 0.1) is 13.2 Å². The van der Waals surface area contributed by atoms with E-state index in [2.05, 4.69) is 47.1 Å². The Morgan fingerprint density at radius 2 is 1.83 bits per heavy atom. The van der Waals surface area contributed by atoms with Crippen LogP contribution in [0.4, 0.5) is 0 Å². The fraction of sp³-hybridized carbons (Fsp3) is 0.600. The van der Waals surface area contributed by atoms with Gasteiger partial charge in [-0.05, 0) is 31.2 Å². The molecular weight excluding hydrogens is 292 g/mol. The lowest BCUT2D eigenvalue weighted by Gasteiger charge is -2.14. The molecular formula is C15H23BrO2. The molecule has 0 aliphatic rings. The molecule has 1 rings (SSSR count). The van der Waals surface area contributed by atoms with Gasteiger partial charge < -0.3 is 9.47 Å². The van der Waals surface area contributed by atoms with E-state index in [1.165, 1.54) is 11.1 Å². The molecule has 2 nitrogen and oxygen atoms in total. The van der Waals surface area contributed by atoms with E-state index in [1.54, 1.807) is 7.11 Å². The highest BCUT2D eigenvalue weighted by molar-refractivity contribution is 9.09. The first-order valence-corrected chi connectivity index (χ1v) is 7.56. The van der Waals surface area contributed by atoms with Gasteiger partial charge in [-0.1, -0.05) is 45.8 Å². The molecule has 0 spiro atoms. The minimum Gasteiger partial charge on any atom is -0.382 e. The Hall–Kier alpha value is -0.380. The summed E-state index contributed by atoms with van der Waals surface area (Å²) < 4.78 is 10.5. The topological polar surface area (TPSA) is 18.5 Å². The predicted octanol–water partition coefficient (Wildman–Crippen LogP) is 3.60. The molecule has 0 saturated heterocycles. The van der Waals surface area contributed by atoms with Crippen LogP contribution in [-0.2, 0) is 15.9 Å². The minimum absolute atomic E-state index is 0.634. The molecule has 0 amide bonds. The van der Waals surface area contributed by atoms with Gasteiger partial charge in [-0.25, -0.2) is 0 Å². The first-order chi connectivity index (χ1) is 8.76. The summed E-state index contributed by atoms with van der Waals surface area (Å²) in [6.45, 7) is 4.30. The zero-order valence-corrected chi connectivity index (χ0v) is 12.9. The number of aryl methyl sites for hydroxylation is 1. The predicted molar refractivity (Wildman–Crippen MR) is 79.5 cm³/mol. The number of methoxy groups -OCH3 is 1. The van der Waals surface area contributed by atoms with Gasteiger partial charge in [-0.15, -0.1) is 0 Å². The molecule has 0 aliphatic carbocycles. The molecule has 0 fully saturated rings. The van der Waals surface area contributed by atoms with E-state index >= 15 is 0 Å². The number of ether oxygens (including phenoxy) is 2. The highest BCUT2D eigenvalue weighted by Crippen LogP contribution is 2.15. The van der Waals surface area contributed by atoms with Crippen molar-refractivity contribution in [2.45, 2.75) is 19.8 Å². The molecule has 0 saturated carbocycles. The van der Waals surface area contributed by atoms with Gasteiger partial charge >= 0.3 is 0 Å². The van der Waals surface area contributed by atoms with Crippen LogP contribution in [-0.4, -0.2) is 32.3 Å². The van der Waals surface area contributed by atoms with Gasteiger partial charge in [-0.2, -0.15) is 0 Å². The molecule has 0 N–H and O–H groups in total. The Balaban J connectivity index is 2.26. The maximum atomic E-state index is 5.52. The second kappa shape index (κ2) is 9.54. The molecule has 102 valence electrons. The monoisotopic (exact) mass is 314 g/mol. The van der Waals surface area contributed by atoms with Gasteiger partial charge in [0, 0.05) is 19.0 Å². The normalized spacial score (nSPS) is 12.6. The Morgan fingerprint density at radius 1 is 1.11 bits per heavy atom. The van der Waals surface area contributed by atoms with Crippen molar-refractivity contribution in [1.29, 1.82) is 0 Å². The van der Waals surface area contributed by atoms with Crippen molar-refractivity contribution in [2.24, 2.45) is 5.92 Å². The van der Waals surface area contributed by atoms with Gasteiger partial charge in [0.25, 0.3) is 0 Å². The van der Waals surface area contributed by atoms with E-state index in [9.17, 15) is 0 Å². The van der Waals surface area contributed by atoms with Crippen LogP contribution in [0, 0.1) is 12.8 Å². The quantitative estimate of drug-likeness (QED) is 0.512. The standard InChI is InChI=1S/C15H23BrO2/c1-13-3-5-14(6-4-13)11-15(12-16)7-8-18-10-9-17-2/h3-6,15H,7-12H2,1-2H3. The van der Waals surface area contributed by atoms with Crippen molar-refractivity contribution in [1.82, 2.24) is 0 Å². The first-order valence-electron chi connectivity index (χ1n) is 6.44. The van der Waals surface area contributed by atoms with Gasteiger partial charge in [0.1, 0.15) is 0 Å². The molecule has 0 aliphatic heterocycles. The molecule has 0 heterocycles. The molecule has 3 heteroatoms. The van der Waals surface area contributed by atoms with E-state index < -0.39 is 0 Å². The summed E-state index contributed by atoms with van der Waals surface area (Å²) in [4.78, 5) is 0. The summed E-state index contributed by atoms with van der Waals surface area (Å²) in [5, 5.41) is 1.02. The summed E-state index contributed by atoms with van der Waals surface area (Å²) in [5.41, 5.74) is 2.72. The van der Waals surface area contributed by atoms with Crippen LogP contribution in [0.15, 0.2) is 24.3 Å². The lowest BCUT2D eigenvalue weighted by Crippen LogP contribution is -2.11. The van der Waals surface area contributed by atoms with Crippen LogP contribution < -0.4 is 0 Å². The average molecular weight is 315 g/mol. The van der Waals surface area contributed by atoms with E-state index in [4.69, 9.17) is 9.47 Å². The highest BCUT2D eigenvalue weighted by atomic mass is 79.9. The van der Waals surface area contributed by atoms with Crippen molar-refractivity contribution >= 4 is 15.9 Å². The van der Waals surface area contributed by atoms with E-state index in [1.807, 2.05) is 0 Å². The van der Waals surface area contributed by atoms with Crippen LogP contribution in [0.2, 0.25) is 0 Å². The molecule has 1 aromatic carbocycles. The maximum Gasteiger partial charge on any atom is 0.0700 e. The third kappa shape index (κ3) is 6.53. The highest BCUT2D eigenvalue weighted by Gasteiger charge is 2.08. The molecule has 0 radical (unpaired) electrons. The fourth-order valence-electron chi connectivity index (χ4n) is 1.79. The van der Waals surface area contributed by atoms with Crippen LogP contribution in [0.5, 0.6) is 0 Å². The average Bonchev–Trinajstić information content (AvgIpc) is 2.39. The summed E-state index contributed by atoms with van der Waals surface area (Å²) in [5.74, 6) is 0.634. The summed E-state index contributed by atoms with van der Waals surface area (Å²) in [6.07, 6.45) is 2.20. The van der Waals surface area contributed by atoms with Crippen LogP contribution in [0.1, 0.15) is 17.5 Å². The van der Waals surface area contributed by atoms with Crippen LogP contribution >= 0.6 is 15.9 Å². The lowest BCUT2D eigenvalue weighted by atomic mass is 9.98. The number of hydrogen-bond donors (Lipinski definition) is 0. The number of halogens is 1. The molecule has 0 bridgehead atoms. The number of alkyl halides is 1. The number of benzene rings is 1. The molecule has 0 aromatic heterocycles. The van der Waals surface area contributed by atoms with E-state index in [-0.39, 0.29) is 0 Å². The Kier molecular flexibility index (Phi) is 8.31. The number of rotatable bonds is 9. The van der Waals surface area contributed by atoms with E-state index in [0.29, 0.717) is 19.1 Å². The third-order valence-electron chi connectivity index (χ3n) is 2.97. The van der Waals surface area contributed by atoms with Crippen molar-refractivity contribution in [3.05, 3.63) is 35.4 Å². The Bertz CT molecular complexity index is 311. The smallest absolute Gasteiger partial charge is 0.0700 e. The van der Waals surface area contributed by atoms with Crippen molar-refractivity contribution in [3.63, 3.8) is 0 Å². The largest absolute Gasteiger partial charge is 0.382 e. The summed E-state index contributed by atoms with van der Waals surface area (Å²) in [7, 11) is 1.70. The van der Waals surface area contributed by atoms with Gasteiger partial charge in [0.15, 0.2) is 0 Å². The van der Waals surface area contributed by atoms with Crippen molar-refractivity contribution in [2.75, 3.05) is 32.3 Å². The third-order valence-corrected chi connectivity index (χ3v) is 3.88. The van der Waals surface area contributed by atoms with E-state index in [0.717, 1.165) is 24.8 Å². The van der Waals surface area contributed by atoms with Crippen molar-refractivity contribution < 1.29 is 9.47 Å². The SMILES string of the molecule is COCCOCCC(CBr)Cc1ccc(C)cc1. The second-order valence-corrected chi connectivity index (χ2v) is 5.25. The maximum absolute atomic E-state index is 5.52. The Labute approximate surface area is 119 Å². The van der Waals surface area contributed by atoms with Crippen LogP contribution in [0.25, 0.3) is 0 Å². The van der Waals surface area contributed by atoms with Crippen molar-refractivity contribution in [3.8, 4) is 0 Å². The lowest BCUT2D eigenvalue weighted by molar-refractivity contribution is 0.0648. The molecule has 1 aromatic rings. The number of hydrogen-bond acceptors (Lipinski definition) is 2. The zero-order chi connectivity index (χ0) is 13.2.